The third-order valence-electron chi connectivity index (χ3n) is 3.74. The summed E-state index contributed by atoms with van der Waals surface area (Å²) in [5, 5.41) is 3.47. The first-order valence-corrected chi connectivity index (χ1v) is 7.07. The fraction of sp³-hybridized carbons (Fsp3) is 0.222. The van der Waals surface area contributed by atoms with Crippen molar-refractivity contribution in [2.45, 2.75) is 6.42 Å². The molecule has 1 heterocycles. The SMILES string of the molecule is COc1ccc2c(c1)NC(=Cc1ccc(N(C)C)cc1)C2. The van der Waals surface area contributed by atoms with Gasteiger partial charge in [0.05, 0.1) is 7.11 Å². The molecule has 0 aliphatic carbocycles. The molecule has 0 saturated heterocycles. The van der Waals surface area contributed by atoms with E-state index in [9.17, 15) is 0 Å². The predicted molar refractivity (Wildman–Crippen MR) is 89.1 cm³/mol. The number of allylic oxidation sites excluding steroid dienone is 1. The quantitative estimate of drug-likeness (QED) is 0.926. The van der Waals surface area contributed by atoms with Gasteiger partial charge in [-0.1, -0.05) is 18.2 Å². The van der Waals surface area contributed by atoms with Crippen LogP contribution in [0.2, 0.25) is 0 Å². The first kappa shape index (κ1) is 13.6. The minimum absolute atomic E-state index is 0.887. The van der Waals surface area contributed by atoms with Gasteiger partial charge in [-0.2, -0.15) is 0 Å². The van der Waals surface area contributed by atoms with Crippen LogP contribution >= 0.6 is 0 Å². The van der Waals surface area contributed by atoms with Crippen LogP contribution in [0, 0.1) is 0 Å². The first-order chi connectivity index (χ1) is 10.2. The van der Waals surface area contributed by atoms with Crippen molar-refractivity contribution in [3.05, 3.63) is 59.3 Å². The Bertz CT molecular complexity index is 672. The van der Waals surface area contributed by atoms with Crippen molar-refractivity contribution in [1.82, 2.24) is 0 Å². The Labute approximate surface area is 125 Å². The summed E-state index contributed by atoms with van der Waals surface area (Å²) in [5.41, 5.74) is 6.10. The monoisotopic (exact) mass is 280 g/mol. The molecule has 3 rings (SSSR count). The van der Waals surface area contributed by atoms with Gasteiger partial charge in [-0.25, -0.2) is 0 Å². The molecule has 108 valence electrons. The Morgan fingerprint density at radius 3 is 2.52 bits per heavy atom. The fourth-order valence-corrected chi connectivity index (χ4v) is 2.53. The summed E-state index contributed by atoms with van der Waals surface area (Å²) in [6.45, 7) is 0. The molecule has 3 nitrogen and oxygen atoms in total. The summed E-state index contributed by atoms with van der Waals surface area (Å²) >= 11 is 0. The van der Waals surface area contributed by atoms with Crippen LogP contribution in [0.15, 0.2) is 48.2 Å². The molecular weight excluding hydrogens is 260 g/mol. The highest BCUT2D eigenvalue weighted by atomic mass is 16.5. The molecule has 0 unspecified atom stereocenters. The van der Waals surface area contributed by atoms with Crippen LogP contribution in [0.5, 0.6) is 5.75 Å². The molecule has 2 aromatic rings. The van der Waals surface area contributed by atoms with Gasteiger partial charge >= 0.3 is 0 Å². The molecular formula is C18H20N2O. The summed E-state index contributed by atoms with van der Waals surface area (Å²) in [5.74, 6) is 0.887. The number of hydrogen-bond donors (Lipinski definition) is 1. The van der Waals surface area contributed by atoms with Crippen molar-refractivity contribution >= 4 is 17.5 Å². The van der Waals surface area contributed by atoms with Crippen molar-refractivity contribution in [2.75, 3.05) is 31.4 Å². The number of anilines is 2. The molecule has 0 spiro atoms. The van der Waals surface area contributed by atoms with E-state index in [-0.39, 0.29) is 0 Å². The molecule has 0 atom stereocenters. The van der Waals surface area contributed by atoms with E-state index in [0.29, 0.717) is 0 Å². The van der Waals surface area contributed by atoms with Gasteiger partial charge in [0.15, 0.2) is 0 Å². The summed E-state index contributed by atoms with van der Waals surface area (Å²) in [6, 6.07) is 14.7. The van der Waals surface area contributed by atoms with Crippen LogP contribution in [0.3, 0.4) is 0 Å². The van der Waals surface area contributed by atoms with E-state index in [2.05, 4.69) is 60.7 Å². The third kappa shape index (κ3) is 2.87. The van der Waals surface area contributed by atoms with Gasteiger partial charge in [-0.15, -0.1) is 0 Å². The molecule has 1 aliphatic heterocycles. The Balaban J connectivity index is 1.79. The largest absolute Gasteiger partial charge is 0.497 e. The molecule has 1 N–H and O–H groups in total. The van der Waals surface area contributed by atoms with Gasteiger partial charge in [0, 0.05) is 43.7 Å². The topological polar surface area (TPSA) is 24.5 Å². The number of nitrogens with zero attached hydrogens (tertiary/aromatic N) is 1. The van der Waals surface area contributed by atoms with E-state index in [1.165, 1.54) is 22.5 Å². The zero-order valence-electron chi connectivity index (χ0n) is 12.7. The maximum atomic E-state index is 5.26. The predicted octanol–water partition coefficient (Wildman–Crippen LogP) is 3.77. The Morgan fingerprint density at radius 2 is 1.86 bits per heavy atom. The average Bonchev–Trinajstić information content (AvgIpc) is 2.88. The third-order valence-corrected chi connectivity index (χ3v) is 3.74. The second-order valence-corrected chi connectivity index (χ2v) is 5.48. The van der Waals surface area contributed by atoms with E-state index in [1.54, 1.807) is 7.11 Å². The van der Waals surface area contributed by atoms with Gasteiger partial charge in [-0.05, 0) is 35.4 Å². The van der Waals surface area contributed by atoms with Crippen molar-refractivity contribution in [1.29, 1.82) is 0 Å². The molecule has 21 heavy (non-hydrogen) atoms. The Kier molecular flexibility index (Phi) is 3.57. The average molecular weight is 280 g/mol. The highest BCUT2D eigenvalue weighted by Crippen LogP contribution is 2.32. The van der Waals surface area contributed by atoms with Crippen LogP contribution < -0.4 is 15.0 Å². The standard InChI is InChI=1S/C18H20N2O/c1-20(2)16-7-4-13(5-8-16)10-15-11-14-6-9-17(21-3)12-18(14)19-15/h4-10,12,19H,11H2,1-3H3. The lowest BCUT2D eigenvalue weighted by Gasteiger charge is -2.12. The number of nitrogens with one attached hydrogen (secondary N) is 1. The van der Waals surface area contributed by atoms with Crippen LogP contribution in [0.4, 0.5) is 11.4 Å². The number of hydrogen-bond acceptors (Lipinski definition) is 3. The smallest absolute Gasteiger partial charge is 0.120 e. The zero-order chi connectivity index (χ0) is 14.8. The highest BCUT2D eigenvalue weighted by Gasteiger charge is 2.15. The lowest BCUT2D eigenvalue weighted by atomic mass is 10.1. The van der Waals surface area contributed by atoms with E-state index < -0.39 is 0 Å². The van der Waals surface area contributed by atoms with Gasteiger partial charge in [-0.3, -0.25) is 0 Å². The van der Waals surface area contributed by atoms with Gasteiger partial charge in [0.25, 0.3) is 0 Å². The summed E-state index contributed by atoms with van der Waals surface area (Å²) in [4.78, 5) is 2.10. The highest BCUT2D eigenvalue weighted by molar-refractivity contribution is 5.70. The normalized spacial score (nSPS) is 14.7. The van der Waals surface area contributed by atoms with E-state index >= 15 is 0 Å². The van der Waals surface area contributed by atoms with Crippen LogP contribution in [0.1, 0.15) is 11.1 Å². The van der Waals surface area contributed by atoms with E-state index in [4.69, 9.17) is 4.74 Å². The minimum Gasteiger partial charge on any atom is -0.497 e. The van der Waals surface area contributed by atoms with Crippen LogP contribution in [-0.2, 0) is 6.42 Å². The molecule has 0 amide bonds. The molecule has 1 aliphatic rings. The number of methoxy groups -OCH3 is 1. The Morgan fingerprint density at radius 1 is 1.10 bits per heavy atom. The maximum Gasteiger partial charge on any atom is 0.120 e. The van der Waals surface area contributed by atoms with E-state index in [1.807, 2.05) is 12.1 Å². The molecule has 0 aromatic heterocycles. The maximum absolute atomic E-state index is 5.26. The minimum atomic E-state index is 0.887. The zero-order valence-corrected chi connectivity index (χ0v) is 12.7. The second-order valence-electron chi connectivity index (χ2n) is 5.48. The van der Waals surface area contributed by atoms with Crippen LogP contribution in [-0.4, -0.2) is 21.2 Å². The van der Waals surface area contributed by atoms with Crippen molar-refractivity contribution < 1.29 is 4.74 Å². The molecule has 0 bridgehead atoms. The molecule has 0 radical (unpaired) electrons. The summed E-state index contributed by atoms with van der Waals surface area (Å²) in [6.07, 6.45) is 3.14. The second kappa shape index (κ2) is 5.52. The van der Waals surface area contributed by atoms with Crippen molar-refractivity contribution in [3.8, 4) is 5.75 Å². The molecule has 3 heteroatoms. The number of ether oxygens (including phenoxy) is 1. The lowest BCUT2D eigenvalue weighted by molar-refractivity contribution is 0.415. The number of rotatable bonds is 3. The van der Waals surface area contributed by atoms with Gasteiger partial charge in [0.1, 0.15) is 5.75 Å². The summed E-state index contributed by atoms with van der Waals surface area (Å²) < 4.78 is 5.26. The van der Waals surface area contributed by atoms with Gasteiger partial charge in [0.2, 0.25) is 0 Å². The molecule has 2 aromatic carbocycles. The van der Waals surface area contributed by atoms with E-state index in [0.717, 1.165) is 17.9 Å². The molecule has 0 saturated carbocycles. The lowest BCUT2D eigenvalue weighted by Crippen LogP contribution is -2.07. The summed E-state index contributed by atoms with van der Waals surface area (Å²) in [7, 11) is 5.80. The molecule has 0 fully saturated rings. The first-order valence-electron chi connectivity index (χ1n) is 7.07. The van der Waals surface area contributed by atoms with Crippen molar-refractivity contribution in [3.63, 3.8) is 0 Å². The van der Waals surface area contributed by atoms with Crippen molar-refractivity contribution in [2.24, 2.45) is 0 Å². The number of benzene rings is 2. The number of fused-ring (bicyclic) bond motifs is 1. The van der Waals surface area contributed by atoms with Crippen LogP contribution in [0.25, 0.3) is 6.08 Å². The Hall–Kier alpha value is -2.42. The fourth-order valence-electron chi connectivity index (χ4n) is 2.53. The van der Waals surface area contributed by atoms with Gasteiger partial charge < -0.3 is 15.0 Å².